The minimum absolute atomic E-state index is 0.00386. The molecule has 7 heteroatoms. The van der Waals surface area contributed by atoms with Crippen LogP contribution in [0.4, 0.5) is 18.9 Å². The van der Waals surface area contributed by atoms with Crippen molar-refractivity contribution >= 4 is 33.4 Å². The van der Waals surface area contributed by atoms with Crippen LogP contribution in [0.3, 0.4) is 0 Å². The average molecular weight is 412 g/mol. The monoisotopic (exact) mass is 411 g/mol. The van der Waals surface area contributed by atoms with E-state index < -0.39 is 23.6 Å². The van der Waals surface area contributed by atoms with Gasteiger partial charge in [0.15, 0.2) is 0 Å². The van der Waals surface area contributed by atoms with Crippen molar-refractivity contribution in [3.63, 3.8) is 0 Å². The molecular formula is C18H13BrF3NO2. The third-order valence-corrected chi connectivity index (χ3v) is 7.06. The maximum Gasteiger partial charge on any atom is 0.417 e. The van der Waals surface area contributed by atoms with Gasteiger partial charge in [-0.15, -0.1) is 0 Å². The average Bonchev–Trinajstić information content (AvgIpc) is 3.13. The molecule has 130 valence electrons. The first-order valence-electron chi connectivity index (χ1n) is 8.18. The van der Waals surface area contributed by atoms with E-state index in [1.54, 1.807) is 0 Å². The number of carbonyl (C=O) groups excluding carboxylic acids is 2. The van der Waals surface area contributed by atoms with Gasteiger partial charge in [-0.2, -0.15) is 13.2 Å². The molecule has 2 amide bonds. The number of halogens is 4. The van der Waals surface area contributed by atoms with Crippen LogP contribution in [-0.2, 0) is 15.8 Å². The number of amides is 2. The van der Waals surface area contributed by atoms with Gasteiger partial charge in [0, 0.05) is 4.47 Å². The van der Waals surface area contributed by atoms with Crippen LogP contribution in [0, 0.1) is 29.1 Å². The molecule has 5 rings (SSSR count). The fourth-order valence-electron chi connectivity index (χ4n) is 5.20. The van der Waals surface area contributed by atoms with E-state index in [9.17, 15) is 22.8 Å². The fourth-order valence-corrected chi connectivity index (χ4v) is 5.67. The van der Waals surface area contributed by atoms with Crippen LogP contribution in [0.1, 0.15) is 18.4 Å². The molecule has 1 aromatic carbocycles. The maximum atomic E-state index is 13.2. The highest BCUT2D eigenvalue weighted by molar-refractivity contribution is 9.10. The second-order valence-electron chi connectivity index (χ2n) is 7.39. The van der Waals surface area contributed by atoms with Crippen LogP contribution in [0.2, 0.25) is 0 Å². The lowest BCUT2D eigenvalue weighted by Crippen LogP contribution is -2.35. The number of hydrogen-bond acceptors (Lipinski definition) is 2. The minimum atomic E-state index is -4.56. The molecule has 1 aliphatic heterocycles. The Hall–Kier alpha value is -1.63. The molecule has 4 atom stereocenters. The zero-order valence-corrected chi connectivity index (χ0v) is 14.5. The molecule has 2 saturated carbocycles. The number of benzene rings is 1. The maximum absolute atomic E-state index is 13.2. The van der Waals surface area contributed by atoms with Gasteiger partial charge in [0.2, 0.25) is 11.8 Å². The van der Waals surface area contributed by atoms with Crippen molar-refractivity contribution < 1.29 is 22.8 Å². The predicted octanol–water partition coefficient (Wildman–Crippen LogP) is 4.17. The van der Waals surface area contributed by atoms with E-state index in [0.717, 1.165) is 23.8 Å². The van der Waals surface area contributed by atoms with E-state index in [1.807, 2.05) is 12.2 Å². The number of nitrogens with zero attached hydrogens (tertiary/aromatic N) is 1. The van der Waals surface area contributed by atoms with Crippen LogP contribution >= 0.6 is 15.9 Å². The van der Waals surface area contributed by atoms with Crippen molar-refractivity contribution in [2.24, 2.45) is 29.1 Å². The fraction of sp³-hybridized carbons (Fsp3) is 0.444. The number of imide groups is 1. The number of fused-ring (bicyclic) bond motifs is 3. The van der Waals surface area contributed by atoms with E-state index in [4.69, 9.17) is 0 Å². The second kappa shape index (κ2) is 4.55. The number of carbonyl (C=O) groups is 2. The zero-order valence-electron chi connectivity index (χ0n) is 12.9. The molecule has 4 aliphatic rings. The third kappa shape index (κ3) is 1.82. The molecule has 0 radical (unpaired) electrons. The summed E-state index contributed by atoms with van der Waals surface area (Å²) in [5.41, 5.74) is -0.810. The topological polar surface area (TPSA) is 37.4 Å². The molecule has 1 aromatic rings. The molecule has 0 aromatic heterocycles. The van der Waals surface area contributed by atoms with Gasteiger partial charge >= 0.3 is 6.18 Å². The van der Waals surface area contributed by atoms with Crippen molar-refractivity contribution in [2.45, 2.75) is 19.0 Å². The van der Waals surface area contributed by atoms with E-state index in [-0.39, 0.29) is 39.2 Å². The Morgan fingerprint density at radius 2 is 1.60 bits per heavy atom. The minimum Gasteiger partial charge on any atom is -0.274 e. The molecule has 4 unspecified atom stereocenters. The van der Waals surface area contributed by atoms with Gasteiger partial charge in [-0.1, -0.05) is 28.1 Å². The Bertz CT molecular complexity index is 824. The van der Waals surface area contributed by atoms with Crippen molar-refractivity contribution in [2.75, 3.05) is 4.90 Å². The summed E-state index contributed by atoms with van der Waals surface area (Å²) in [6.07, 6.45) is 1.57. The molecular weight excluding hydrogens is 399 g/mol. The molecule has 1 saturated heterocycles. The summed E-state index contributed by atoms with van der Waals surface area (Å²) in [6, 6.07) is 3.50. The van der Waals surface area contributed by atoms with Crippen LogP contribution in [0.25, 0.3) is 0 Å². The Labute approximate surface area is 150 Å². The number of hydrogen-bond donors (Lipinski definition) is 0. The van der Waals surface area contributed by atoms with Gasteiger partial charge in [-0.3, -0.25) is 14.5 Å². The molecule has 3 nitrogen and oxygen atoms in total. The first-order valence-corrected chi connectivity index (χ1v) is 8.98. The van der Waals surface area contributed by atoms with Gasteiger partial charge in [-0.05, 0) is 48.3 Å². The summed E-state index contributed by atoms with van der Waals surface area (Å²) in [7, 11) is 0. The summed E-state index contributed by atoms with van der Waals surface area (Å²) < 4.78 is 39.4. The lowest BCUT2D eigenvalue weighted by Gasteiger charge is -2.22. The van der Waals surface area contributed by atoms with E-state index in [1.165, 1.54) is 12.1 Å². The molecule has 3 aliphatic carbocycles. The van der Waals surface area contributed by atoms with Crippen molar-refractivity contribution in [1.29, 1.82) is 0 Å². The first-order chi connectivity index (χ1) is 11.8. The van der Waals surface area contributed by atoms with Gasteiger partial charge in [0.05, 0.1) is 23.1 Å². The highest BCUT2D eigenvalue weighted by Gasteiger charge is 2.73. The number of allylic oxidation sites excluding steroid dienone is 2. The molecule has 0 N–H and O–H groups in total. The number of rotatable bonds is 1. The number of anilines is 1. The standard InChI is InChI=1S/C18H13BrF3NO2/c19-12-4-1-8(7-11(12)18(20,21)22)23-15(24)13-9-2-3-10(14(13)16(23)25)17(9)5-6-17/h1-4,7,9-10,13-14H,5-6H2. The highest BCUT2D eigenvalue weighted by Crippen LogP contribution is 2.73. The quantitative estimate of drug-likeness (QED) is 0.513. The van der Waals surface area contributed by atoms with Crippen molar-refractivity contribution in [3.8, 4) is 0 Å². The smallest absolute Gasteiger partial charge is 0.274 e. The van der Waals surface area contributed by atoms with E-state index in [2.05, 4.69) is 15.9 Å². The molecule has 25 heavy (non-hydrogen) atoms. The Morgan fingerprint density at radius 3 is 2.08 bits per heavy atom. The van der Waals surface area contributed by atoms with Gasteiger partial charge < -0.3 is 0 Å². The summed E-state index contributed by atoms with van der Waals surface area (Å²) in [5.74, 6) is -1.42. The summed E-state index contributed by atoms with van der Waals surface area (Å²) >= 11 is 2.89. The van der Waals surface area contributed by atoms with Crippen LogP contribution < -0.4 is 4.90 Å². The van der Waals surface area contributed by atoms with Crippen LogP contribution in [0.5, 0.6) is 0 Å². The highest BCUT2D eigenvalue weighted by atomic mass is 79.9. The van der Waals surface area contributed by atoms with E-state index >= 15 is 0 Å². The number of alkyl halides is 3. The predicted molar refractivity (Wildman–Crippen MR) is 86.4 cm³/mol. The lowest BCUT2D eigenvalue weighted by molar-refractivity contribution is -0.138. The summed E-state index contributed by atoms with van der Waals surface area (Å²) in [6.45, 7) is 0. The summed E-state index contributed by atoms with van der Waals surface area (Å²) in [4.78, 5) is 26.8. The molecule has 1 heterocycles. The van der Waals surface area contributed by atoms with E-state index in [0.29, 0.717) is 0 Å². The lowest BCUT2D eigenvalue weighted by atomic mass is 9.85. The van der Waals surface area contributed by atoms with Crippen molar-refractivity contribution in [1.82, 2.24) is 0 Å². The van der Waals surface area contributed by atoms with Gasteiger partial charge in [0.25, 0.3) is 0 Å². The normalized spacial score (nSPS) is 34.3. The van der Waals surface area contributed by atoms with Gasteiger partial charge in [-0.25, -0.2) is 0 Å². The zero-order chi connectivity index (χ0) is 17.7. The van der Waals surface area contributed by atoms with Gasteiger partial charge in [0.1, 0.15) is 0 Å². The Morgan fingerprint density at radius 1 is 1.04 bits per heavy atom. The second-order valence-corrected chi connectivity index (χ2v) is 8.25. The SMILES string of the molecule is O=C1C2C(C(=O)N1c1ccc(Br)c(C(F)(F)F)c1)C1C=CC2C12CC2. The first kappa shape index (κ1) is 15.6. The molecule has 1 spiro atoms. The largest absolute Gasteiger partial charge is 0.417 e. The molecule has 2 bridgehead atoms. The Balaban J connectivity index is 1.56. The van der Waals surface area contributed by atoms with Crippen molar-refractivity contribution in [3.05, 3.63) is 40.4 Å². The summed E-state index contributed by atoms with van der Waals surface area (Å²) in [5, 5.41) is 0. The molecule has 3 fully saturated rings. The Kier molecular flexibility index (Phi) is 2.84. The van der Waals surface area contributed by atoms with Crippen LogP contribution in [-0.4, -0.2) is 11.8 Å². The van der Waals surface area contributed by atoms with Crippen LogP contribution in [0.15, 0.2) is 34.8 Å². The third-order valence-electron chi connectivity index (χ3n) is 6.37.